The highest BCUT2D eigenvalue weighted by Crippen LogP contribution is 2.46. The zero-order valence-corrected chi connectivity index (χ0v) is 24.6. The molecule has 0 radical (unpaired) electrons. The molecule has 0 fully saturated rings. The lowest BCUT2D eigenvalue weighted by molar-refractivity contribution is 1.47. The monoisotopic (exact) mass is 551 g/mol. The van der Waals surface area contributed by atoms with Crippen LogP contribution in [0, 0.1) is 6.92 Å². The highest BCUT2D eigenvalue weighted by molar-refractivity contribution is 6.24. The lowest BCUT2D eigenvalue weighted by Gasteiger charge is -2.20. The fourth-order valence-corrected chi connectivity index (χ4v) is 6.56. The fraction of sp³-hybridized carbons (Fsp3) is 0.0476. The van der Waals surface area contributed by atoms with Gasteiger partial charge in [-0.3, -0.25) is 0 Å². The first-order valence-corrected chi connectivity index (χ1v) is 14.8. The first-order valence-electron chi connectivity index (χ1n) is 14.8. The Morgan fingerprint density at radius 1 is 0.535 bits per heavy atom. The van der Waals surface area contributed by atoms with Gasteiger partial charge in [-0.1, -0.05) is 140 Å². The Hall–Kier alpha value is -5.40. The SMILES string of the molecule is C=C(C)/C(=C\N)c1cccc(-c2c3ccccc3c(-c3ccc(-c4ccc(C)cc4)c4ccccc34)c3ccccc23)c1. The predicted octanol–water partition coefficient (Wildman–Crippen LogP) is 11.3. The van der Waals surface area contributed by atoms with E-state index in [2.05, 4.69) is 147 Å². The van der Waals surface area contributed by atoms with E-state index in [9.17, 15) is 0 Å². The molecule has 0 amide bonds. The second kappa shape index (κ2) is 10.8. The molecular weight excluding hydrogens is 518 g/mol. The Kier molecular flexibility index (Phi) is 6.64. The van der Waals surface area contributed by atoms with Crippen molar-refractivity contribution in [3.8, 4) is 33.4 Å². The van der Waals surface area contributed by atoms with Crippen LogP contribution in [0.1, 0.15) is 18.1 Å². The van der Waals surface area contributed by atoms with E-state index < -0.39 is 0 Å². The summed E-state index contributed by atoms with van der Waals surface area (Å²) in [6.45, 7) is 8.29. The van der Waals surface area contributed by atoms with Crippen molar-refractivity contribution < 1.29 is 0 Å². The first kappa shape index (κ1) is 26.5. The van der Waals surface area contributed by atoms with Crippen LogP contribution in [0.15, 0.2) is 152 Å². The average Bonchev–Trinajstić information content (AvgIpc) is 3.04. The molecule has 0 saturated heterocycles. The van der Waals surface area contributed by atoms with E-state index in [1.54, 1.807) is 6.20 Å². The zero-order chi connectivity index (χ0) is 29.5. The van der Waals surface area contributed by atoms with Gasteiger partial charge in [0.2, 0.25) is 0 Å². The van der Waals surface area contributed by atoms with Gasteiger partial charge < -0.3 is 5.73 Å². The Morgan fingerprint density at radius 3 is 1.60 bits per heavy atom. The molecule has 1 heteroatoms. The van der Waals surface area contributed by atoms with Gasteiger partial charge in [0, 0.05) is 6.20 Å². The summed E-state index contributed by atoms with van der Waals surface area (Å²) in [5.74, 6) is 0. The second-order valence-corrected chi connectivity index (χ2v) is 11.4. The number of aryl methyl sites for hydroxylation is 1. The van der Waals surface area contributed by atoms with Gasteiger partial charge >= 0.3 is 0 Å². The van der Waals surface area contributed by atoms with E-state index in [1.165, 1.54) is 65.7 Å². The number of benzene rings is 7. The molecular formula is C42H33N. The number of hydrogen-bond donors (Lipinski definition) is 1. The van der Waals surface area contributed by atoms with Crippen molar-refractivity contribution in [3.05, 3.63) is 163 Å². The molecule has 2 N–H and O–H groups in total. The fourth-order valence-electron chi connectivity index (χ4n) is 6.56. The third kappa shape index (κ3) is 4.51. The molecule has 0 spiro atoms. The summed E-state index contributed by atoms with van der Waals surface area (Å²) in [5, 5.41) is 7.45. The standard InChI is InChI=1S/C42H33N/c1-27(2)40(26-43)30-11-10-12-31(25-30)41-35-15-6-8-17-37(35)42(38-18-9-7-16-36(38)41)39-24-23-32(29-21-19-28(3)20-22-29)33-13-4-5-14-34(33)39/h4-26H,1,43H2,2-3H3/b40-26+. The van der Waals surface area contributed by atoms with Crippen molar-refractivity contribution in [2.24, 2.45) is 5.73 Å². The van der Waals surface area contributed by atoms with Crippen LogP contribution >= 0.6 is 0 Å². The van der Waals surface area contributed by atoms with Crippen LogP contribution in [0.5, 0.6) is 0 Å². The molecule has 0 unspecified atom stereocenters. The maximum Gasteiger partial charge on any atom is 0.00200 e. The Morgan fingerprint density at radius 2 is 1.05 bits per heavy atom. The van der Waals surface area contributed by atoms with Crippen molar-refractivity contribution in [1.29, 1.82) is 0 Å². The van der Waals surface area contributed by atoms with Crippen molar-refractivity contribution in [3.63, 3.8) is 0 Å². The normalized spacial score (nSPS) is 11.8. The maximum absolute atomic E-state index is 6.04. The highest BCUT2D eigenvalue weighted by Gasteiger charge is 2.19. The molecule has 206 valence electrons. The molecule has 0 aliphatic heterocycles. The van der Waals surface area contributed by atoms with Crippen LogP contribution in [0.2, 0.25) is 0 Å². The van der Waals surface area contributed by atoms with Gasteiger partial charge in [-0.05, 0) is 102 Å². The molecule has 7 aromatic carbocycles. The van der Waals surface area contributed by atoms with Gasteiger partial charge in [0.1, 0.15) is 0 Å². The van der Waals surface area contributed by atoms with E-state index in [0.717, 1.165) is 22.3 Å². The summed E-state index contributed by atoms with van der Waals surface area (Å²) in [6.07, 6.45) is 1.66. The smallest absolute Gasteiger partial charge is 0.00200 e. The summed E-state index contributed by atoms with van der Waals surface area (Å²) >= 11 is 0. The molecule has 43 heavy (non-hydrogen) atoms. The third-order valence-electron chi connectivity index (χ3n) is 8.58. The predicted molar refractivity (Wildman–Crippen MR) is 187 cm³/mol. The van der Waals surface area contributed by atoms with E-state index >= 15 is 0 Å². The summed E-state index contributed by atoms with van der Waals surface area (Å²) in [5.41, 5.74) is 17.7. The molecule has 0 aliphatic rings. The molecule has 1 nitrogen and oxygen atoms in total. The Labute approximate surface area is 253 Å². The quantitative estimate of drug-likeness (QED) is 0.167. The lowest BCUT2D eigenvalue weighted by Crippen LogP contribution is -1.94. The average molecular weight is 552 g/mol. The van der Waals surface area contributed by atoms with Crippen LogP contribution < -0.4 is 5.73 Å². The minimum absolute atomic E-state index is 0.950. The number of fused-ring (bicyclic) bond motifs is 3. The lowest BCUT2D eigenvalue weighted by atomic mass is 9.83. The second-order valence-electron chi connectivity index (χ2n) is 11.4. The van der Waals surface area contributed by atoms with E-state index in [0.29, 0.717) is 0 Å². The van der Waals surface area contributed by atoms with Gasteiger partial charge in [-0.2, -0.15) is 0 Å². The minimum Gasteiger partial charge on any atom is -0.404 e. The number of hydrogen-bond acceptors (Lipinski definition) is 1. The topological polar surface area (TPSA) is 26.0 Å². The van der Waals surface area contributed by atoms with Crippen molar-refractivity contribution in [2.75, 3.05) is 0 Å². The van der Waals surface area contributed by atoms with Crippen molar-refractivity contribution >= 4 is 37.9 Å². The Bertz CT molecular complexity index is 2160. The molecule has 0 bridgehead atoms. The molecule has 0 saturated carbocycles. The van der Waals surface area contributed by atoms with Gasteiger partial charge in [-0.15, -0.1) is 0 Å². The number of rotatable bonds is 5. The van der Waals surface area contributed by atoms with Crippen molar-refractivity contribution in [1.82, 2.24) is 0 Å². The first-order chi connectivity index (χ1) is 21.0. The van der Waals surface area contributed by atoms with Gasteiger partial charge in [0.25, 0.3) is 0 Å². The molecule has 7 aromatic rings. The maximum atomic E-state index is 6.04. The van der Waals surface area contributed by atoms with E-state index in [1.807, 2.05) is 6.92 Å². The van der Waals surface area contributed by atoms with Gasteiger partial charge in [0.05, 0.1) is 0 Å². The third-order valence-corrected chi connectivity index (χ3v) is 8.58. The summed E-state index contributed by atoms with van der Waals surface area (Å²) in [6, 6.07) is 48.6. The van der Waals surface area contributed by atoms with Crippen molar-refractivity contribution in [2.45, 2.75) is 13.8 Å². The molecule has 0 aromatic heterocycles. The number of allylic oxidation sites excluding steroid dienone is 2. The molecule has 0 aliphatic carbocycles. The molecule has 7 rings (SSSR count). The highest BCUT2D eigenvalue weighted by atomic mass is 14.5. The molecule has 0 atom stereocenters. The summed E-state index contributed by atoms with van der Waals surface area (Å²) in [7, 11) is 0. The van der Waals surface area contributed by atoms with Gasteiger partial charge in [-0.25, -0.2) is 0 Å². The van der Waals surface area contributed by atoms with Crippen LogP contribution in [0.4, 0.5) is 0 Å². The minimum atomic E-state index is 0.950. The van der Waals surface area contributed by atoms with Crippen LogP contribution in [-0.4, -0.2) is 0 Å². The molecule has 0 heterocycles. The van der Waals surface area contributed by atoms with Crippen LogP contribution in [-0.2, 0) is 0 Å². The summed E-state index contributed by atoms with van der Waals surface area (Å²) < 4.78 is 0. The Balaban J connectivity index is 1.55. The van der Waals surface area contributed by atoms with Gasteiger partial charge in [0.15, 0.2) is 0 Å². The summed E-state index contributed by atoms with van der Waals surface area (Å²) in [4.78, 5) is 0. The van der Waals surface area contributed by atoms with Crippen LogP contribution in [0.3, 0.4) is 0 Å². The van der Waals surface area contributed by atoms with E-state index in [-0.39, 0.29) is 0 Å². The largest absolute Gasteiger partial charge is 0.404 e. The van der Waals surface area contributed by atoms with E-state index in [4.69, 9.17) is 5.73 Å². The van der Waals surface area contributed by atoms with Crippen LogP contribution in [0.25, 0.3) is 71.3 Å². The zero-order valence-electron chi connectivity index (χ0n) is 24.6. The number of nitrogens with two attached hydrogens (primary N) is 1.